The van der Waals surface area contributed by atoms with Crippen LogP contribution in [-0.2, 0) is 14.4 Å². The van der Waals surface area contributed by atoms with Crippen LogP contribution in [0.5, 0.6) is 0 Å². The first-order valence-electron chi connectivity index (χ1n) is 11.3. The quantitative estimate of drug-likeness (QED) is 0.800. The molecule has 1 aliphatic carbocycles. The van der Waals surface area contributed by atoms with Crippen LogP contribution in [0.4, 0.5) is 5.69 Å². The van der Waals surface area contributed by atoms with Crippen molar-refractivity contribution in [1.29, 1.82) is 0 Å². The van der Waals surface area contributed by atoms with Crippen molar-refractivity contribution in [2.75, 3.05) is 11.4 Å². The standard InChI is InChI=1S/C24H33N3O3/c1-4-16-10-22(28)26-21-12-18(6-8-20(16)21)25-24(30)17-11-23(29)27(13-17)19-7-5-14(2)15(3)9-19/h5,7,9,16-18,20-21H,4,6,8,10-13H2,1-3H3,(H,25,30)(H,26,28). The molecule has 162 valence electrons. The maximum Gasteiger partial charge on any atom is 0.227 e. The predicted molar refractivity (Wildman–Crippen MR) is 116 cm³/mol. The number of nitrogens with one attached hydrogen (secondary N) is 2. The lowest BCUT2D eigenvalue weighted by Crippen LogP contribution is -2.55. The van der Waals surface area contributed by atoms with E-state index in [9.17, 15) is 14.4 Å². The predicted octanol–water partition coefficient (Wildman–Crippen LogP) is 2.86. The van der Waals surface area contributed by atoms with Gasteiger partial charge in [0.1, 0.15) is 0 Å². The molecule has 3 amide bonds. The van der Waals surface area contributed by atoms with Crippen LogP contribution in [0.2, 0.25) is 0 Å². The van der Waals surface area contributed by atoms with E-state index >= 15 is 0 Å². The molecule has 6 nitrogen and oxygen atoms in total. The monoisotopic (exact) mass is 411 g/mol. The fraction of sp³-hybridized carbons (Fsp3) is 0.625. The number of hydrogen-bond donors (Lipinski definition) is 2. The molecule has 5 atom stereocenters. The largest absolute Gasteiger partial charge is 0.353 e. The zero-order chi connectivity index (χ0) is 21.4. The number of carbonyl (C=O) groups is 3. The SMILES string of the molecule is CCC1CC(=O)NC2CC(NC(=O)C3CC(=O)N(c4ccc(C)c(C)c4)C3)CCC12. The molecule has 4 rings (SSSR count). The first-order valence-corrected chi connectivity index (χ1v) is 11.3. The van der Waals surface area contributed by atoms with Crippen molar-refractivity contribution in [2.45, 2.75) is 71.4 Å². The molecule has 1 saturated carbocycles. The summed E-state index contributed by atoms with van der Waals surface area (Å²) in [5, 5.41) is 6.33. The van der Waals surface area contributed by atoms with E-state index in [0.29, 0.717) is 24.8 Å². The lowest BCUT2D eigenvalue weighted by molar-refractivity contribution is -0.128. The number of piperidine rings is 1. The highest BCUT2D eigenvalue weighted by Crippen LogP contribution is 2.37. The average Bonchev–Trinajstić information content (AvgIpc) is 3.11. The smallest absolute Gasteiger partial charge is 0.227 e. The minimum Gasteiger partial charge on any atom is -0.353 e. The third-order valence-electron chi connectivity index (χ3n) is 7.47. The van der Waals surface area contributed by atoms with Gasteiger partial charge in [-0.05, 0) is 68.2 Å². The number of fused-ring (bicyclic) bond motifs is 1. The molecule has 2 N–H and O–H groups in total. The van der Waals surface area contributed by atoms with Gasteiger partial charge in [0, 0.05) is 37.2 Å². The number of amides is 3. The van der Waals surface area contributed by atoms with Crippen LogP contribution in [0.3, 0.4) is 0 Å². The van der Waals surface area contributed by atoms with Crippen LogP contribution in [0, 0.1) is 31.6 Å². The van der Waals surface area contributed by atoms with Gasteiger partial charge in [0.25, 0.3) is 0 Å². The molecule has 0 aromatic heterocycles. The minimum atomic E-state index is -0.318. The van der Waals surface area contributed by atoms with E-state index in [-0.39, 0.29) is 42.1 Å². The number of carbonyl (C=O) groups excluding carboxylic acids is 3. The minimum absolute atomic E-state index is 0.00689. The Balaban J connectivity index is 1.36. The molecule has 0 radical (unpaired) electrons. The van der Waals surface area contributed by atoms with Crippen molar-refractivity contribution >= 4 is 23.4 Å². The van der Waals surface area contributed by atoms with E-state index in [2.05, 4.69) is 17.6 Å². The number of anilines is 1. The van der Waals surface area contributed by atoms with Crippen LogP contribution in [0.1, 0.15) is 56.6 Å². The van der Waals surface area contributed by atoms with Crippen LogP contribution >= 0.6 is 0 Å². The molecule has 30 heavy (non-hydrogen) atoms. The summed E-state index contributed by atoms with van der Waals surface area (Å²) in [5.41, 5.74) is 3.20. The summed E-state index contributed by atoms with van der Waals surface area (Å²) in [7, 11) is 0. The molecule has 3 aliphatic rings. The summed E-state index contributed by atoms with van der Waals surface area (Å²) in [4.78, 5) is 39.3. The van der Waals surface area contributed by atoms with E-state index in [1.807, 2.05) is 32.0 Å². The van der Waals surface area contributed by atoms with Gasteiger partial charge < -0.3 is 15.5 Å². The topological polar surface area (TPSA) is 78.5 Å². The van der Waals surface area contributed by atoms with E-state index in [0.717, 1.165) is 36.9 Å². The van der Waals surface area contributed by atoms with Gasteiger partial charge in [0.15, 0.2) is 0 Å². The van der Waals surface area contributed by atoms with Crippen molar-refractivity contribution in [2.24, 2.45) is 17.8 Å². The van der Waals surface area contributed by atoms with Gasteiger partial charge in [-0.25, -0.2) is 0 Å². The van der Waals surface area contributed by atoms with Crippen molar-refractivity contribution in [3.63, 3.8) is 0 Å². The summed E-state index contributed by atoms with van der Waals surface area (Å²) in [6.07, 6.45) is 4.69. The Morgan fingerprint density at radius 2 is 1.97 bits per heavy atom. The van der Waals surface area contributed by atoms with E-state index < -0.39 is 0 Å². The molecule has 0 spiro atoms. The lowest BCUT2D eigenvalue weighted by Gasteiger charge is -2.44. The average molecular weight is 412 g/mol. The fourth-order valence-corrected chi connectivity index (χ4v) is 5.50. The summed E-state index contributed by atoms with van der Waals surface area (Å²) in [6, 6.07) is 6.22. The van der Waals surface area contributed by atoms with Crippen LogP contribution in [-0.4, -0.2) is 36.3 Å². The highest BCUT2D eigenvalue weighted by atomic mass is 16.2. The van der Waals surface area contributed by atoms with Gasteiger partial charge in [-0.1, -0.05) is 19.4 Å². The Morgan fingerprint density at radius 1 is 1.17 bits per heavy atom. The second-order valence-electron chi connectivity index (χ2n) is 9.40. The normalized spacial score (nSPS) is 31.3. The number of nitrogens with zero attached hydrogens (tertiary/aromatic N) is 1. The van der Waals surface area contributed by atoms with E-state index in [1.54, 1.807) is 4.90 Å². The van der Waals surface area contributed by atoms with Crippen molar-refractivity contribution < 1.29 is 14.4 Å². The number of rotatable bonds is 4. The zero-order valence-corrected chi connectivity index (χ0v) is 18.2. The highest BCUT2D eigenvalue weighted by Gasteiger charge is 2.41. The van der Waals surface area contributed by atoms with Gasteiger partial charge in [-0.2, -0.15) is 0 Å². The summed E-state index contributed by atoms with van der Waals surface area (Å²) >= 11 is 0. The summed E-state index contributed by atoms with van der Waals surface area (Å²) in [6.45, 7) is 6.67. The van der Waals surface area contributed by atoms with Crippen molar-refractivity contribution in [3.05, 3.63) is 29.3 Å². The Labute approximate surface area is 178 Å². The van der Waals surface area contributed by atoms with Crippen LogP contribution in [0.25, 0.3) is 0 Å². The highest BCUT2D eigenvalue weighted by molar-refractivity contribution is 6.00. The number of aryl methyl sites for hydroxylation is 2. The Kier molecular flexibility index (Phi) is 5.85. The Hall–Kier alpha value is -2.37. The molecular weight excluding hydrogens is 378 g/mol. The molecule has 0 bridgehead atoms. The van der Waals surface area contributed by atoms with Gasteiger partial charge in [0.2, 0.25) is 17.7 Å². The molecule has 2 aliphatic heterocycles. The van der Waals surface area contributed by atoms with Crippen LogP contribution < -0.4 is 15.5 Å². The van der Waals surface area contributed by atoms with Crippen LogP contribution in [0.15, 0.2) is 18.2 Å². The third-order valence-corrected chi connectivity index (χ3v) is 7.47. The van der Waals surface area contributed by atoms with Crippen molar-refractivity contribution in [1.82, 2.24) is 10.6 Å². The summed E-state index contributed by atoms with van der Waals surface area (Å²) < 4.78 is 0. The Morgan fingerprint density at radius 3 is 2.70 bits per heavy atom. The van der Waals surface area contributed by atoms with Gasteiger partial charge in [-0.3, -0.25) is 14.4 Å². The third kappa shape index (κ3) is 4.09. The second-order valence-corrected chi connectivity index (χ2v) is 9.40. The number of hydrogen-bond acceptors (Lipinski definition) is 3. The van der Waals surface area contributed by atoms with E-state index in [1.165, 1.54) is 5.56 Å². The zero-order valence-electron chi connectivity index (χ0n) is 18.2. The van der Waals surface area contributed by atoms with E-state index in [4.69, 9.17) is 0 Å². The maximum absolute atomic E-state index is 12.9. The molecule has 5 unspecified atom stereocenters. The maximum atomic E-state index is 12.9. The first kappa shape index (κ1) is 20.9. The van der Waals surface area contributed by atoms with Gasteiger partial charge >= 0.3 is 0 Å². The lowest BCUT2D eigenvalue weighted by atomic mass is 9.70. The molecular formula is C24H33N3O3. The molecule has 2 heterocycles. The Bertz CT molecular complexity index is 852. The molecule has 1 aromatic rings. The van der Waals surface area contributed by atoms with Gasteiger partial charge in [0.05, 0.1) is 5.92 Å². The van der Waals surface area contributed by atoms with Gasteiger partial charge in [-0.15, -0.1) is 0 Å². The molecule has 6 heteroatoms. The second kappa shape index (κ2) is 8.40. The summed E-state index contributed by atoms with van der Waals surface area (Å²) in [5.74, 6) is 0.773. The van der Waals surface area contributed by atoms with Crippen molar-refractivity contribution in [3.8, 4) is 0 Å². The molecule has 2 saturated heterocycles. The first-order chi connectivity index (χ1) is 14.4. The number of benzene rings is 1. The molecule has 1 aromatic carbocycles. The molecule has 3 fully saturated rings. The fourth-order valence-electron chi connectivity index (χ4n) is 5.50.